The van der Waals surface area contributed by atoms with Gasteiger partial charge in [-0.05, 0) is 25.5 Å². The molecule has 1 aromatic carbocycles. The summed E-state index contributed by atoms with van der Waals surface area (Å²) in [5.41, 5.74) is 0.343. The molecule has 0 spiro atoms. The summed E-state index contributed by atoms with van der Waals surface area (Å²) in [5, 5.41) is 3.61. The molecule has 2 heterocycles. The molecule has 0 aliphatic carbocycles. The van der Waals surface area contributed by atoms with E-state index >= 15 is 0 Å². The summed E-state index contributed by atoms with van der Waals surface area (Å²) in [6.07, 6.45) is 0.542. The summed E-state index contributed by atoms with van der Waals surface area (Å²) in [4.78, 5) is 18.1. The van der Waals surface area contributed by atoms with Crippen molar-refractivity contribution in [1.82, 2.24) is 9.36 Å². The molecular weight excluding hydrogens is 326 g/mol. The lowest BCUT2D eigenvalue weighted by Crippen LogP contribution is -2.33. The molecule has 1 amide bonds. The highest BCUT2D eigenvalue weighted by Crippen LogP contribution is 2.33. The van der Waals surface area contributed by atoms with E-state index in [2.05, 4.69) is 19.4 Å². The number of alkyl halides is 2. The molecule has 3 rings (SSSR count). The minimum absolute atomic E-state index is 0.0109. The van der Waals surface area contributed by atoms with Crippen molar-refractivity contribution in [3.05, 3.63) is 30.1 Å². The summed E-state index contributed by atoms with van der Waals surface area (Å²) in [6, 6.07) is 5.82. The van der Waals surface area contributed by atoms with Crippen LogP contribution in [-0.4, -0.2) is 34.5 Å². The average Bonchev–Trinajstić information content (AvgIpc) is 3.07. The first kappa shape index (κ1) is 15.6. The molecule has 1 fully saturated rings. The van der Waals surface area contributed by atoms with Crippen LogP contribution in [0.3, 0.4) is 0 Å². The van der Waals surface area contributed by atoms with Crippen LogP contribution in [0.15, 0.2) is 24.3 Å². The Hall–Kier alpha value is -2.29. The number of benzene rings is 1. The summed E-state index contributed by atoms with van der Waals surface area (Å²) in [6.45, 7) is -0.757. The lowest BCUT2D eigenvalue weighted by atomic mass is 10.2. The second kappa shape index (κ2) is 6.45. The van der Waals surface area contributed by atoms with E-state index in [-0.39, 0.29) is 11.7 Å². The van der Waals surface area contributed by atoms with E-state index in [1.54, 1.807) is 25.1 Å². The van der Waals surface area contributed by atoms with Gasteiger partial charge in [0.15, 0.2) is 0 Å². The highest BCUT2D eigenvalue weighted by Gasteiger charge is 2.34. The second-order valence-corrected chi connectivity index (χ2v) is 5.72. The van der Waals surface area contributed by atoms with E-state index in [0.717, 1.165) is 0 Å². The van der Waals surface area contributed by atoms with Gasteiger partial charge in [-0.1, -0.05) is 12.1 Å². The fourth-order valence-electron chi connectivity index (χ4n) is 2.43. The van der Waals surface area contributed by atoms with Crippen molar-refractivity contribution < 1.29 is 18.3 Å². The Labute approximate surface area is 135 Å². The van der Waals surface area contributed by atoms with Gasteiger partial charge >= 0.3 is 6.61 Å². The Balaban J connectivity index is 1.76. The molecule has 1 aromatic heterocycles. The van der Waals surface area contributed by atoms with Crippen LogP contribution in [0.5, 0.6) is 5.75 Å². The van der Waals surface area contributed by atoms with Gasteiger partial charge in [0, 0.05) is 18.1 Å². The first-order valence-electron chi connectivity index (χ1n) is 6.96. The van der Waals surface area contributed by atoms with Crippen LogP contribution in [0, 0.1) is 6.92 Å². The maximum absolute atomic E-state index is 12.5. The van der Waals surface area contributed by atoms with Gasteiger partial charge in [-0.2, -0.15) is 13.2 Å². The first-order valence-corrected chi connectivity index (χ1v) is 7.74. The quantitative estimate of drug-likeness (QED) is 0.906. The van der Waals surface area contributed by atoms with Gasteiger partial charge in [-0.15, -0.1) is 0 Å². The molecule has 1 aliphatic rings. The van der Waals surface area contributed by atoms with Crippen molar-refractivity contribution in [2.45, 2.75) is 26.0 Å². The van der Waals surface area contributed by atoms with Gasteiger partial charge in [-0.3, -0.25) is 4.79 Å². The smallest absolute Gasteiger partial charge is 0.387 e. The van der Waals surface area contributed by atoms with Crippen LogP contribution < -0.4 is 15.0 Å². The van der Waals surface area contributed by atoms with Gasteiger partial charge in [0.2, 0.25) is 11.0 Å². The van der Waals surface area contributed by atoms with Crippen molar-refractivity contribution in [2.24, 2.45) is 0 Å². The van der Waals surface area contributed by atoms with E-state index in [0.29, 0.717) is 29.6 Å². The predicted octanol–water partition coefficient (Wildman–Crippen LogP) is 2.67. The molecule has 6 nitrogen and oxygen atoms in total. The van der Waals surface area contributed by atoms with Crippen molar-refractivity contribution >= 4 is 28.3 Å². The van der Waals surface area contributed by atoms with Crippen molar-refractivity contribution in [3.63, 3.8) is 0 Å². The molecular formula is C14H14F2N4O2S. The number of para-hydroxylation sites is 2. The Morgan fingerprint density at radius 3 is 2.91 bits per heavy atom. The Kier molecular flexibility index (Phi) is 4.37. The SMILES string of the molecule is Cc1nsc(N[C@H]2CCN(c3ccccc3OC(F)F)C2=O)n1. The van der Waals surface area contributed by atoms with Crippen LogP contribution in [-0.2, 0) is 4.79 Å². The van der Waals surface area contributed by atoms with Crippen LogP contribution in [0.4, 0.5) is 19.6 Å². The number of carbonyl (C=O) groups excluding carboxylic acids is 1. The number of nitrogens with zero attached hydrogens (tertiary/aromatic N) is 3. The number of amides is 1. The molecule has 122 valence electrons. The minimum atomic E-state index is -2.94. The molecule has 1 aliphatic heterocycles. The standard InChI is InChI=1S/C14H14F2N4O2S/c1-8-17-14(23-19-8)18-9-6-7-20(12(9)21)10-4-2-3-5-11(10)22-13(15)16/h2-5,9,13H,6-7H2,1H3,(H,17,18,19)/t9-/m0/s1. The Bertz CT molecular complexity index is 710. The number of hydrogen-bond donors (Lipinski definition) is 1. The van der Waals surface area contributed by atoms with Gasteiger partial charge in [0.25, 0.3) is 0 Å². The van der Waals surface area contributed by atoms with Gasteiger partial charge in [-0.25, -0.2) is 4.98 Å². The number of aryl methyl sites for hydroxylation is 1. The van der Waals surface area contributed by atoms with Crippen molar-refractivity contribution in [3.8, 4) is 5.75 Å². The van der Waals surface area contributed by atoms with Crippen molar-refractivity contribution in [1.29, 1.82) is 0 Å². The molecule has 0 bridgehead atoms. The molecule has 1 saturated heterocycles. The van der Waals surface area contributed by atoms with E-state index in [1.165, 1.54) is 22.5 Å². The number of halogens is 2. The van der Waals surface area contributed by atoms with E-state index in [4.69, 9.17) is 0 Å². The zero-order valence-electron chi connectivity index (χ0n) is 12.2. The maximum Gasteiger partial charge on any atom is 0.387 e. The third-order valence-corrected chi connectivity index (χ3v) is 4.14. The predicted molar refractivity (Wildman–Crippen MR) is 82.1 cm³/mol. The van der Waals surface area contributed by atoms with E-state index in [9.17, 15) is 13.6 Å². The van der Waals surface area contributed by atoms with Gasteiger partial charge in [0.05, 0.1) is 5.69 Å². The molecule has 23 heavy (non-hydrogen) atoms. The molecule has 0 unspecified atom stereocenters. The highest BCUT2D eigenvalue weighted by atomic mass is 32.1. The molecule has 0 saturated carbocycles. The number of nitrogens with one attached hydrogen (secondary N) is 1. The number of aromatic nitrogens is 2. The number of rotatable bonds is 5. The third kappa shape index (κ3) is 3.39. The average molecular weight is 340 g/mol. The summed E-state index contributed by atoms with van der Waals surface area (Å²) >= 11 is 1.18. The van der Waals surface area contributed by atoms with Crippen LogP contribution in [0.1, 0.15) is 12.2 Å². The van der Waals surface area contributed by atoms with Crippen LogP contribution in [0.2, 0.25) is 0 Å². The first-order chi connectivity index (χ1) is 11.0. The molecule has 9 heteroatoms. The molecule has 2 aromatic rings. The van der Waals surface area contributed by atoms with E-state index in [1.807, 2.05) is 0 Å². The number of carbonyl (C=O) groups is 1. The lowest BCUT2D eigenvalue weighted by Gasteiger charge is -2.20. The number of anilines is 2. The third-order valence-electron chi connectivity index (χ3n) is 3.40. The van der Waals surface area contributed by atoms with Crippen LogP contribution in [0.25, 0.3) is 0 Å². The van der Waals surface area contributed by atoms with Gasteiger partial charge < -0.3 is 15.0 Å². The highest BCUT2D eigenvalue weighted by molar-refractivity contribution is 7.09. The van der Waals surface area contributed by atoms with Crippen molar-refractivity contribution in [2.75, 3.05) is 16.8 Å². The fraction of sp³-hybridized carbons (Fsp3) is 0.357. The molecule has 0 radical (unpaired) electrons. The van der Waals surface area contributed by atoms with Crippen LogP contribution >= 0.6 is 11.5 Å². The number of hydrogen-bond acceptors (Lipinski definition) is 6. The maximum atomic E-state index is 12.5. The second-order valence-electron chi connectivity index (χ2n) is 4.97. The number of ether oxygens (including phenoxy) is 1. The normalized spacial score (nSPS) is 17.8. The topological polar surface area (TPSA) is 67.3 Å². The lowest BCUT2D eigenvalue weighted by molar-refractivity contribution is -0.117. The zero-order valence-corrected chi connectivity index (χ0v) is 13.0. The summed E-state index contributed by atoms with van der Waals surface area (Å²) < 4.78 is 33.5. The zero-order chi connectivity index (χ0) is 16.4. The largest absolute Gasteiger partial charge is 0.433 e. The fourth-order valence-corrected chi connectivity index (χ4v) is 3.06. The monoisotopic (exact) mass is 340 g/mol. The summed E-state index contributed by atoms with van der Waals surface area (Å²) in [7, 11) is 0. The Morgan fingerprint density at radius 2 is 2.22 bits per heavy atom. The van der Waals surface area contributed by atoms with Gasteiger partial charge in [0.1, 0.15) is 17.6 Å². The molecule has 1 atom stereocenters. The van der Waals surface area contributed by atoms with E-state index < -0.39 is 12.7 Å². The molecule has 1 N–H and O–H groups in total. The minimum Gasteiger partial charge on any atom is -0.433 e. The Morgan fingerprint density at radius 1 is 1.43 bits per heavy atom. The summed E-state index contributed by atoms with van der Waals surface area (Å²) in [5.74, 6) is 0.418.